The lowest BCUT2D eigenvalue weighted by atomic mass is 9.85. The van der Waals surface area contributed by atoms with E-state index in [1.807, 2.05) is 17.1 Å². The predicted octanol–water partition coefficient (Wildman–Crippen LogP) is 4.19. The maximum absolute atomic E-state index is 14.0. The molecule has 2 aliphatic heterocycles. The summed E-state index contributed by atoms with van der Waals surface area (Å²) in [7, 11) is 0. The van der Waals surface area contributed by atoms with E-state index in [1.165, 1.54) is 4.90 Å². The van der Waals surface area contributed by atoms with Gasteiger partial charge in [0.1, 0.15) is 34.2 Å². The van der Waals surface area contributed by atoms with E-state index < -0.39 is 47.7 Å². The van der Waals surface area contributed by atoms with E-state index in [0.29, 0.717) is 29.9 Å². The van der Waals surface area contributed by atoms with Gasteiger partial charge in [-0.05, 0) is 47.9 Å². The van der Waals surface area contributed by atoms with Gasteiger partial charge in [-0.2, -0.15) is 26.3 Å². The molecule has 0 radical (unpaired) electrons. The second kappa shape index (κ2) is 17.9. The topological polar surface area (TPSA) is 213 Å². The molecule has 52 heavy (non-hydrogen) atoms. The maximum Gasteiger partial charge on any atom is 0.490 e. The van der Waals surface area contributed by atoms with E-state index in [0.717, 1.165) is 5.56 Å². The average Bonchev–Trinajstić information content (AvgIpc) is 3.39. The van der Waals surface area contributed by atoms with Crippen molar-refractivity contribution in [2.45, 2.75) is 50.3 Å². The van der Waals surface area contributed by atoms with Crippen molar-refractivity contribution in [3.8, 4) is 5.75 Å². The van der Waals surface area contributed by atoms with Gasteiger partial charge >= 0.3 is 24.3 Å². The molecule has 1 aromatic carbocycles. The van der Waals surface area contributed by atoms with Crippen LogP contribution >= 0.6 is 23.2 Å². The summed E-state index contributed by atoms with van der Waals surface area (Å²) in [5.41, 5.74) is 7.98. The molecule has 2 aromatic rings. The van der Waals surface area contributed by atoms with E-state index in [2.05, 4.69) is 4.98 Å². The van der Waals surface area contributed by atoms with Crippen LogP contribution in [0.15, 0.2) is 60.3 Å². The Morgan fingerprint density at radius 2 is 1.54 bits per heavy atom. The molecule has 0 spiro atoms. The van der Waals surface area contributed by atoms with Crippen LogP contribution in [0, 0.1) is 0 Å². The van der Waals surface area contributed by atoms with Crippen LogP contribution in [0.3, 0.4) is 0 Å². The summed E-state index contributed by atoms with van der Waals surface area (Å²) < 4.78 is 69.4. The third-order valence-electron chi connectivity index (χ3n) is 7.16. The Kier molecular flexibility index (Phi) is 14.8. The first kappa shape index (κ1) is 43.1. The lowest BCUT2D eigenvalue weighted by Gasteiger charge is -2.41. The second-order valence-corrected chi connectivity index (χ2v) is 11.5. The molecule has 2 aliphatic rings. The summed E-state index contributed by atoms with van der Waals surface area (Å²) in [6.07, 6.45) is -4.33. The molecule has 0 saturated carbocycles. The standard InChI is InChI=1S/C26H27Cl2N5O5.2C2HF3O2/c1-16(24(35)31-37)33-10-8-26(25(33)36,32-9-2-3-17(14-32)13-23(29)34)19-4-6-20(7-5-19)38-15-18-11-21(27)30-22(28)12-18;2*3-2(4,5)1(6)7/h2-7,11-12,14,16,37H,8-10,13,15H2,1H3,(H2,29,34)(H,31,35);2*(H,6,7)/t16-,26?;;/m1../s1. The van der Waals surface area contributed by atoms with Gasteiger partial charge in [0.15, 0.2) is 0 Å². The monoisotopic (exact) mass is 787 g/mol. The Hall–Kier alpha value is -5.08. The lowest BCUT2D eigenvalue weighted by Crippen LogP contribution is -2.53. The Balaban J connectivity index is 0.000000564. The summed E-state index contributed by atoms with van der Waals surface area (Å²) >= 11 is 11.9. The number of aliphatic carboxylic acids is 2. The number of carboxylic acid groups (broad SMARTS) is 2. The number of likely N-dealkylation sites (tertiary alicyclic amines) is 1. The van der Waals surface area contributed by atoms with E-state index >= 15 is 0 Å². The van der Waals surface area contributed by atoms with Gasteiger partial charge in [-0.1, -0.05) is 47.5 Å². The van der Waals surface area contributed by atoms with Crippen LogP contribution < -0.4 is 16.0 Å². The quantitative estimate of drug-likeness (QED) is 0.105. The molecule has 0 aliphatic carbocycles. The molecule has 0 bridgehead atoms. The van der Waals surface area contributed by atoms with Crippen molar-refractivity contribution in [3.05, 3.63) is 81.8 Å². The number of nitrogens with one attached hydrogen (secondary N) is 1. The Labute approximate surface area is 300 Å². The third kappa shape index (κ3) is 11.7. The fourth-order valence-electron chi connectivity index (χ4n) is 4.81. The number of ether oxygens (including phenoxy) is 1. The summed E-state index contributed by atoms with van der Waals surface area (Å²) in [6.45, 7) is 2.46. The van der Waals surface area contributed by atoms with Gasteiger partial charge in [-0.15, -0.1) is 0 Å². The van der Waals surface area contributed by atoms with Gasteiger partial charge in [-0.25, -0.2) is 20.1 Å². The van der Waals surface area contributed by atoms with Crippen LogP contribution in [0.2, 0.25) is 10.3 Å². The molecule has 6 N–H and O–H groups in total. The van der Waals surface area contributed by atoms with E-state index in [9.17, 15) is 40.7 Å². The summed E-state index contributed by atoms with van der Waals surface area (Å²) in [4.78, 5) is 62.7. The van der Waals surface area contributed by atoms with Crippen molar-refractivity contribution < 1.29 is 70.5 Å². The van der Waals surface area contributed by atoms with Crippen LogP contribution in [0.5, 0.6) is 5.75 Å². The molecule has 1 aromatic heterocycles. The molecule has 4 rings (SSSR count). The molecular formula is C30H29Cl2F6N5O9. The number of alkyl halides is 6. The van der Waals surface area contributed by atoms with Crippen molar-refractivity contribution in [2.75, 3.05) is 13.1 Å². The van der Waals surface area contributed by atoms with Crippen LogP contribution in [-0.4, -0.2) is 91.3 Å². The number of nitrogens with zero attached hydrogens (tertiary/aromatic N) is 3. The number of hydroxylamine groups is 1. The largest absolute Gasteiger partial charge is 0.490 e. The number of benzene rings is 1. The van der Waals surface area contributed by atoms with Gasteiger partial charge in [0, 0.05) is 25.7 Å². The smallest absolute Gasteiger partial charge is 0.489 e. The number of primary amides is 1. The highest BCUT2D eigenvalue weighted by atomic mass is 35.5. The van der Waals surface area contributed by atoms with Gasteiger partial charge in [0.05, 0.1) is 6.42 Å². The average molecular weight is 788 g/mol. The number of carbonyl (C=O) groups excluding carboxylic acids is 3. The fraction of sp³-hybridized carbons (Fsp3) is 0.333. The SMILES string of the molecule is C[C@H](C(=O)NO)N1CCC(c2ccc(OCc3cc(Cl)nc(Cl)c3)cc2)(N2C=C(CC(N)=O)C=CC2)C1=O.O=C(O)C(F)(F)F.O=C(O)C(F)(F)F. The minimum Gasteiger partial charge on any atom is -0.489 e. The van der Waals surface area contributed by atoms with Gasteiger partial charge < -0.3 is 30.5 Å². The van der Waals surface area contributed by atoms with Gasteiger partial charge in [-0.3, -0.25) is 19.6 Å². The highest BCUT2D eigenvalue weighted by molar-refractivity contribution is 6.32. The lowest BCUT2D eigenvalue weighted by molar-refractivity contribution is -0.193. The highest BCUT2D eigenvalue weighted by Crippen LogP contribution is 2.42. The number of carboxylic acids is 2. The zero-order valence-electron chi connectivity index (χ0n) is 26.5. The summed E-state index contributed by atoms with van der Waals surface area (Å²) in [5.74, 6) is -6.42. The molecular weight excluding hydrogens is 759 g/mol. The van der Waals surface area contributed by atoms with Gasteiger partial charge in [0.2, 0.25) is 5.91 Å². The number of hydrogen-bond donors (Lipinski definition) is 5. The number of carbonyl (C=O) groups is 5. The van der Waals surface area contributed by atoms with Crippen LogP contribution in [0.4, 0.5) is 26.3 Å². The number of rotatable bonds is 9. The number of aromatic nitrogens is 1. The van der Waals surface area contributed by atoms with Crippen molar-refractivity contribution in [1.82, 2.24) is 20.3 Å². The minimum atomic E-state index is -5.08. The Morgan fingerprint density at radius 3 is 2.00 bits per heavy atom. The highest BCUT2D eigenvalue weighted by Gasteiger charge is 2.53. The number of allylic oxidation sites excluding steroid dienone is 1. The first-order valence-electron chi connectivity index (χ1n) is 14.4. The molecule has 2 atom stereocenters. The second-order valence-electron chi connectivity index (χ2n) is 10.7. The molecule has 22 heteroatoms. The van der Waals surface area contributed by atoms with Crippen molar-refractivity contribution in [3.63, 3.8) is 0 Å². The van der Waals surface area contributed by atoms with Gasteiger partial charge in [0.25, 0.3) is 11.8 Å². The molecule has 3 heterocycles. The molecule has 14 nitrogen and oxygen atoms in total. The molecule has 1 saturated heterocycles. The first-order chi connectivity index (χ1) is 24.0. The van der Waals surface area contributed by atoms with E-state index in [1.54, 1.807) is 55.0 Å². The predicted molar refractivity (Wildman–Crippen MR) is 168 cm³/mol. The number of nitrogens with two attached hydrogens (primary N) is 1. The van der Waals surface area contributed by atoms with Crippen molar-refractivity contribution >= 4 is 52.9 Å². The number of amides is 3. The molecule has 284 valence electrons. The zero-order valence-corrected chi connectivity index (χ0v) is 28.1. The third-order valence-corrected chi connectivity index (χ3v) is 7.54. The molecule has 1 fully saturated rings. The van der Waals surface area contributed by atoms with Crippen LogP contribution in [-0.2, 0) is 36.1 Å². The van der Waals surface area contributed by atoms with E-state index in [-0.39, 0.29) is 35.8 Å². The van der Waals surface area contributed by atoms with Crippen LogP contribution in [0.25, 0.3) is 0 Å². The molecule has 1 unspecified atom stereocenters. The zero-order chi connectivity index (χ0) is 39.6. The maximum atomic E-state index is 14.0. The Morgan fingerprint density at radius 1 is 1.02 bits per heavy atom. The summed E-state index contributed by atoms with van der Waals surface area (Å²) in [5, 5.41) is 23.9. The Bertz CT molecular complexity index is 1660. The number of pyridine rings is 1. The number of hydrogen-bond acceptors (Lipinski definition) is 9. The van der Waals surface area contributed by atoms with E-state index in [4.69, 9.17) is 58.7 Å². The normalized spacial score (nSPS) is 17.5. The fourth-order valence-corrected chi connectivity index (χ4v) is 5.31. The minimum absolute atomic E-state index is 0.0279. The first-order valence-corrected chi connectivity index (χ1v) is 15.1. The summed E-state index contributed by atoms with van der Waals surface area (Å²) in [6, 6.07) is 9.56. The molecule has 3 amide bonds. The van der Waals surface area contributed by atoms with Crippen molar-refractivity contribution in [2.24, 2.45) is 5.73 Å². The number of halogens is 8. The van der Waals surface area contributed by atoms with Crippen LogP contribution in [0.1, 0.15) is 30.9 Å². The van der Waals surface area contributed by atoms with Crippen molar-refractivity contribution in [1.29, 1.82) is 0 Å².